The van der Waals surface area contributed by atoms with Gasteiger partial charge in [0.15, 0.2) is 5.96 Å². The van der Waals surface area contributed by atoms with E-state index in [9.17, 15) is 0 Å². The Hall–Kier alpha value is -0.580. The van der Waals surface area contributed by atoms with Gasteiger partial charge in [-0.05, 0) is 31.0 Å². The molecule has 1 unspecified atom stereocenters. The maximum absolute atomic E-state index is 5.51. The van der Waals surface area contributed by atoms with E-state index in [-0.39, 0.29) is 24.0 Å². The number of guanidine groups is 1. The number of nitrogens with zero attached hydrogens (tertiary/aromatic N) is 3. The quantitative estimate of drug-likeness (QED) is 0.325. The van der Waals surface area contributed by atoms with Crippen LogP contribution in [-0.2, 0) is 16.0 Å². The number of anilines is 1. The fourth-order valence-electron chi connectivity index (χ4n) is 3.60. The van der Waals surface area contributed by atoms with Gasteiger partial charge >= 0.3 is 0 Å². The Morgan fingerprint density at radius 1 is 1.29 bits per heavy atom. The van der Waals surface area contributed by atoms with E-state index in [2.05, 4.69) is 63.2 Å². The molecule has 0 saturated carbocycles. The second-order valence-corrected chi connectivity index (χ2v) is 8.07. The molecule has 2 fully saturated rings. The van der Waals surface area contributed by atoms with E-state index >= 15 is 0 Å². The van der Waals surface area contributed by atoms with Gasteiger partial charge in [0.2, 0.25) is 0 Å². The maximum atomic E-state index is 5.51. The van der Waals surface area contributed by atoms with Gasteiger partial charge in [-0.15, -0.1) is 24.0 Å². The molecule has 1 N–H and O–H groups in total. The number of ether oxygens (including phenoxy) is 2. The number of benzene rings is 1. The first-order chi connectivity index (χ1) is 13.2. The fraction of sp³-hybridized carbons (Fsp3) is 0.650. The van der Waals surface area contributed by atoms with Crippen LogP contribution in [-0.4, -0.2) is 70.5 Å². The standard InChI is InChI=1S/C20H31BrN4O2.HI/c1-3-22-20(24(2)14-16-6-9-27-15-16)23-13-17-4-5-18(21)12-19(17)25-7-10-26-11-8-25;/h4-5,12,16H,3,6-11,13-15H2,1-2H3,(H,22,23);1H. The van der Waals surface area contributed by atoms with Crippen molar-refractivity contribution in [3.63, 3.8) is 0 Å². The Bertz CT molecular complexity index is 635. The Balaban J connectivity index is 0.00000280. The van der Waals surface area contributed by atoms with Crippen molar-refractivity contribution >= 4 is 51.6 Å². The van der Waals surface area contributed by atoms with E-state index in [0.29, 0.717) is 12.5 Å². The number of rotatable bonds is 6. The van der Waals surface area contributed by atoms with Crippen LogP contribution in [0.1, 0.15) is 18.9 Å². The number of nitrogens with one attached hydrogen (secondary N) is 1. The maximum Gasteiger partial charge on any atom is 0.193 e. The highest BCUT2D eigenvalue weighted by Crippen LogP contribution is 2.27. The molecule has 1 aromatic carbocycles. The summed E-state index contributed by atoms with van der Waals surface area (Å²) in [6.07, 6.45) is 1.14. The van der Waals surface area contributed by atoms with E-state index in [0.717, 1.165) is 69.5 Å². The largest absolute Gasteiger partial charge is 0.381 e. The summed E-state index contributed by atoms with van der Waals surface area (Å²) in [5.74, 6) is 1.55. The van der Waals surface area contributed by atoms with E-state index in [1.807, 2.05) is 0 Å². The number of hydrogen-bond donors (Lipinski definition) is 1. The molecule has 1 atom stereocenters. The topological polar surface area (TPSA) is 49.3 Å². The van der Waals surface area contributed by atoms with E-state index in [4.69, 9.17) is 14.5 Å². The highest BCUT2D eigenvalue weighted by atomic mass is 127. The SMILES string of the molecule is CCNC(=NCc1ccc(Br)cc1N1CCOCC1)N(C)CC1CCOC1.I. The summed E-state index contributed by atoms with van der Waals surface area (Å²) >= 11 is 3.61. The lowest BCUT2D eigenvalue weighted by molar-refractivity contribution is 0.122. The van der Waals surface area contributed by atoms with Crippen molar-refractivity contribution < 1.29 is 9.47 Å². The average molecular weight is 567 g/mol. The lowest BCUT2D eigenvalue weighted by Gasteiger charge is -2.31. The zero-order chi connectivity index (χ0) is 19.1. The van der Waals surface area contributed by atoms with Crippen LogP contribution in [0.4, 0.5) is 5.69 Å². The summed E-state index contributed by atoms with van der Waals surface area (Å²) in [4.78, 5) is 9.55. The molecule has 2 aliphatic heterocycles. The third-order valence-corrected chi connectivity index (χ3v) is 5.54. The highest BCUT2D eigenvalue weighted by molar-refractivity contribution is 14.0. The van der Waals surface area contributed by atoms with Crippen molar-refractivity contribution in [2.75, 3.05) is 64.6 Å². The van der Waals surface area contributed by atoms with Gasteiger partial charge in [-0.1, -0.05) is 22.0 Å². The van der Waals surface area contributed by atoms with E-state index in [1.54, 1.807) is 0 Å². The molecule has 8 heteroatoms. The molecule has 0 aliphatic carbocycles. The second-order valence-electron chi connectivity index (χ2n) is 7.15. The molecule has 0 radical (unpaired) electrons. The molecule has 6 nitrogen and oxygen atoms in total. The van der Waals surface area contributed by atoms with Crippen molar-refractivity contribution in [1.82, 2.24) is 10.2 Å². The van der Waals surface area contributed by atoms with Crippen molar-refractivity contribution in [3.05, 3.63) is 28.2 Å². The van der Waals surface area contributed by atoms with Crippen LogP contribution in [0.5, 0.6) is 0 Å². The van der Waals surface area contributed by atoms with Crippen molar-refractivity contribution in [3.8, 4) is 0 Å². The van der Waals surface area contributed by atoms with Gasteiger partial charge in [0.1, 0.15) is 0 Å². The summed E-state index contributed by atoms with van der Waals surface area (Å²) < 4.78 is 12.1. The minimum Gasteiger partial charge on any atom is -0.381 e. The van der Waals surface area contributed by atoms with E-state index < -0.39 is 0 Å². The molecule has 0 aromatic heterocycles. The number of halogens is 2. The molecule has 0 amide bonds. The molecule has 0 bridgehead atoms. The minimum absolute atomic E-state index is 0. The van der Waals surface area contributed by atoms with Crippen LogP contribution in [0, 0.1) is 5.92 Å². The molecule has 2 aliphatic rings. The number of morpholine rings is 1. The summed E-state index contributed by atoms with van der Waals surface area (Å²) in [6, 6.07) is 6.47. The van der Waals surface area contributed by atoms with Crippen molar-refractivity contribution in [2.45, 2.75) is 19.9 Å². The number of hydrogen-bond acceptors (Lipinski definition) is 4. The Morgan fingerprint density at radius 2 is 2.07 bits per heavy atom. The molecular formula is C20H32BrIN4O2. The molecule has 28 heavy (non-hydrogen) atoms. The molecule has 1 aromatic rings. The van der Waals surface area contributed by atoms with Gasteiger partial charge < -0.3 is 24.6 Å². The first kappa shape index (κ1) is 23.7. The van der Waals surface area contributed by atoms with Crippen LogP contribution in [0.15, 0.2) is 27.7 Å². The summed E-state index contributed by atoms with van der Waals surface area (Å²) in [5.41, 5.74) is 2.49. The Kier molecular flexibility index (Phi) is 10.3. The zero-order valence-electron chi connectivity index (χ0n) is 16.8. The molecule has 3 rings (SSSR count). The average Bonchev–Trinajstić information content (AvgIpc) is 3.19. The monoisotopic (exact) mass is 566 g/mol. The van der Waals surface area contributed by atoms with Crippen LogP contribution < -0.4 is 10.2 Å². The zero-order valence-corrected chi connectivity index (χ0v) is 20.7. The molecule has 2 saturated heterocycles. The minimum atomic E-state index is 0. The van der Waals surface area contributed by atoms with Crippen LogP contribution in [0.3, 0.4) is 0 Å². The van der Waals surface area contributed by atoms with Crippen LogP contribution >= 0.6 is 39.9 Å². The summed E-state index contributed by atoms with van der Waals surface area (Å²) in [5, 5.41) is 3.43. The van der Waals surface area contributed by atoms with Crippen LogP contribution in [0.2, 0.25) is 0 Å². The number of aliphatic imine (C=N–C) groups is 1. The molecule has 2 heterocycles. The van der Waals surface area contributed by atoms with Crippen molar-refractivity contribution in [2.24, 2.45) is 10.9 Å². The van der Waals surface area contributed by atoms with Crippen molar-refractivity contribution in [1.29, 1.82) is 0 Å². The van der Waals surface area contributed by atoms with Gasteiger partial charge in [0, 0.05) is 55.9 Å². The van der Waals surface area contributed by atoms with Gasteiger partial charge in [-0.2, -0.15) is 0 Å². The predicted octanol–water partition coefficient (Wildman–Crippen LogP) is 3.34. The van der Waals surface area contributed by atoms with Gasteiger partial charge in [-0.3, -0.25) is 0 Å². The van der Waals surface area contributed by atoms with E-state index in [1.165, 1.54) is 11.3 Å². The normalized spacial score (nSPS) is 20.0. The van der Waals surface area contributed by atoms with Crippen LogP contribution in [0.25, 0.3) is 0 Å². The predicted molar refractivity (Wildman–Crippen MR) is 129 cm³/mol. The van der Waals surface area contributed by atoms with Gasteiger partial charge in [-0.25, -0.2) is 4.99 Å². The lowest BCUT2D eigenvalue weighted by atomic mass is 10.1. The Morgan fingerprint density at radius 3 is 2.75 bits per heavy atom. The first-order valence-corrected chi connectivity index (χ1v) is 10.6. The second kappa shape index (κ2) is 12.2. The Labute approximate surface area is 194 Å². The third kappa shape index (κ3) is 6.74. The molecule has 0 spiro atoms. The fourth-order valence-corrected chi connectivity index (χ4v) is 3.95. The molecular weight excluding hydrogens is 535 g/mol. The third-order valence-electron chi connectivity index (χ3n) is 5.05. The smallest absolute Gasteiger partial charge is 0.193 e. The summed E-state index contributed by atoms with van der Waals surface area (Å²) in [7, 11) is 2.12. The highest BCUT2D eigenvalue weighted by Gasteiger charge is 2.19. The summed E-state index contributed by atoms with van der Waals surface area (Å²) in [6.45, 7) is 9.77. The van der Waals surface area contributed by atoms with Gasteiger partial charge in [0.05, 0.1) is 26.4 Å². The molecule has 158 valence electrons. The first-order valence-electron chi connectivity index (χ1n) is 9.85. The van der Waals surface area contributed by atoms with Gasteiger partial charge in [0.25, 0.3) is 0 Å². The lowest BCUT2D eigenvalue weighted by Crippen LogP contribution is -2.41.